The molecular weight excluding hydrogens is 229 g/mol. The summed E-state index contributed by atoms with van der Waals surface area (Å²) in [6, 6.07) is 0. The van der Waals surface area contributed by atoms with Gasteiger partial charge in [0.25, 0.3) is 5.91 Å². The van der Waals surface area contributed by atoms with Crippen LogP contribution >= 0.6 is 22.9 Å². The molecule has 1 rings (SSSR count). The van der Waals surface area contributed by atoms with Gasteiger partial charge in [0.15, 0.2) is 0 Å². The van der Waals surface area contributed by atoms with E-state index in [1.807, 2.05) is 41.1 Å². The molecule has 0 aromatic heterocycles. The van der Waals surface area contributed by atoms with Crippen molar-refractivity contribution in [3.8, 4) is 0 Å². The zero-order valence-corrected chi connectivity index (χ0v) is 6.88. The van der Waals surface area contributed by atoms with Gasteiger partial charge in [0.1, 0.15) is 0 Å². The van der Waals surface area contributed by atoms with Gasteiger partial charge in [0.05, 0.1) is 22.9 Å². The average molecular weight is 235 g/mol. The Kier molecular flexibility index (Phi) is 2.27. The van der Waals surface area contributed by atoms with Crippen molar-refractivity contribution >= 4 is 28.8 Å². The predicted molar refractivity (Wildman–Crippen MR) is 44.0 cm³/mol. The highest BCUT2D eigenvalue weighted by atomic mass is 127. The van der Waals surface area contributed by atoms with Crippen LogP contribution in [-0.4, -0.2) is 5.91 Å². The van der Waals surface area contributed by atoms with Crippen LogP contribution < -0.4 is 3.53 Å². The second-order valence-electron chi connectivity index (χ2n) is 1.75. The summed E-state index contributed by atoms with van der Waals surface area (Å²) in [5, 5.41) is 0. The van der Waals surface area contributed by atoms with E-state index in [9.17, 15) is 4.79 Å². The van der Waals surface area contributed by atoms with Crippen LogP contribution in [-0.2, 0) is 4.79 Å². The van der Waals surface area contributed by atoms with Crippen molar-refractivity contribution in [1.82, 2.24) is 3.53 Å². The van der Waals surface area contributed by atoms with E-state index in [2.05, 4.69) is 3.53 Å². The molecule has 2 nitrogen and oxygen atoms in total. The number of nitrogens with one attached hydrogen (secondary N) is 1. The van der Waals surface area contributed by atoms with Crippen molar-refractivity contribution in [1.29, 1.82) is 0 Å². The Hall–Kier alpha value is -0.320. The lowest BCUT2D eigenvalue weighted by atomic mass is 10.2. The first-order valence-electron chi connectivity index (χ1n) is 2.61. The highest BCUT2D eigenvalue weighted by Gasteiger charge is 2.06. The Morgan fingerprint density at radius 2 is 2.56 bits per heavy atom. The minimum absolute atomic E-state index is 0.0144. The molecule has 0 bridgehead atoms. The lowest BCUT2D eigenvalue weighted by molar-refractivity contribution is -0.115. The van der Waals surface area contributed by atoms with Gasteiger partial charge >= 0.3 is 0 Å². The lowest BCUT2D eigenvalue weighted by Gasteiger charge is -1.94. The Labute approximate surface area is 67.5 Å². The normalized spacial score (nSPS) is 15.4. The first kappa shape index (κ1) is 6.80. The van der Waals surface area contributed by atoms with Crippen molar-refractivity contribution in [3.63, 3.8) is 0 Å². The Morgan fingerprint density at radius 3 is 3.00 bits per heavy atom. The van der Waals surface area contributed by atoms with E-state index >= 15 is 0 Å². The maximum atomic E-state index is 10.8. The molecule has 0 saturated heterocycles. The number of hydrogen-bond donors (Lipinski definition) is 1. The molecule has 0 saturated carbocycles. The minimum atomic E-state index is 0.0144. The highest BCUT2D eigenvalue weighted by Crippen LogP contribution is 2.09. The molecule has 48 valence electrons. The molecule has 0 spiro atoms. The summed E-state index contributed by atoms with van der Waals surface area (Å²) in [6.07, 6.45) is 6.45. The molecule has 1 N–H and O–H groups in total. The zero-order chi connectivity index (χ0) is 6.69. The summed E-state index contributed by atoms with van der Waals surface area (Å²) in [7, 11) is 0. The molecular formula is C6H6INO. The van der Waals surface area contributed by atoms with Crippen LogP contribution in [0.5, 0.6) is 0 Å². The van der Waals surface area contributed by atoms with E-state index in [1.165, 1.54) is 0 Å². The molecule has 0 unspecified atom stereocenters. The Morgan fingerprint density at radius 1 is 1.78 bits per heavy atom. The number of rotatable bonds is 1. The predicted octanol–water partition coefficient (Wildman–Crippen LogP) is 1.34. The molecule has 0 fully saturated rings. The number of allylic oxidation sites excluding steroid dienone is 3. The van der Waals surface area contributed by atoms with Gasteiger partial charge in [-0.25, -0.2) is 0 Å². The number of carbonyl (C=O) groups excluding carboxylic acids is 1. The summed E-state index contributed by atoms with van der Waals surface area (Å²) < 4.78 is 2.53. The summed E-state index contributed by atoms with van der Waals surface area (Å²) in [5.74, 6) is 0.0144. The van der Waals surface area contributed by atoms with Gasteiger partial charge < -0.3 is 0 Å². The van der Waals surface area contributed by atoms with E-state index in [0.717, 1.165) is 12.0 Å². The molecule has 9 heavy (non-hydrogen) atoms. The lowest BCUT2D eigenvalue weighted by Crippen LogP contribution is -2.12. The van der Waals surface area contributed by atoms with E-state index in [-0.39, 0.29) is 5.91 Å². The third kappa shape index (κ3) is 1.54. The number of amides is 1. The first-order valence-corrected chi connectivity index (χ1v) is 3.69. The number of halogens is 1. The topological polar surface area (TPSA) is 29.1 Å². The maximum Gasteiger partial charge on any atom is 0.256 e. The second-order valence-corrected chi connectivity index (χ2v) is 2.29. The van der Waals surface area contributed by atoms with Gasteiger partial charge in [-0.1, -0.05) is 18.2 Å². The van der Waals surface area contributed by atoms with Gasteiger partial charge in [-0.05, 0) is 6.42 Å². The molecule has 1 aliphatic rings. The van der Waals surface area contributed by atoms with Gasteiger partial charge in [0, 0.05) is 5.57 Å². The largest absolute Gasteiger partial charge is 0.295 e. The number of hydrogen-bond acceptors (Lipinski definition) is 1. The number of carbonyl (C=O) groups is 1. The van der Waals surface area contributed by atoms with Crippen LogP contribution in [0.25, 0.3) is 0 Å². The Bertz CT molecular complexity index is 183. The van der Waals surface area contributed by atoms with Gasteiger partial charge in [-0.2, -0.15) is 0 Å². The van der Waals surface area contributed by atoms with Crippen molar-refractivity contribution < 1.29 is 4.79 Å². The summed E-state index contributed by atoms with van der Waals surface area (Å²) in [5.41, 5.74) is 0.837. The minimum Gasteiger partial charge on any atom is -0.295 e. The van der Waals surface area contributed by atoms with Crippen LogP contribution in [0.4, 0.5) is 0 Å². The summed E-state index contributed by atoms with van der Waals surface area (Å²) >= 11 is 1.83. The van der Waals surface area contributed by atoms with Crippen molar-refractivity contribution in [2.24, 2.45) is 0 Å². The molecule has 0 atom stereocenters. The molecule has 0 heterocycles. The van der Waals surface area contributed by atoms with Crippen LogP contribution in [0.15, 0.2) is 23.8 Å². The fourth-order valence-corrected chi connectivity index (χ4v) is 1.02. The molecule has 1 amide bonds. The van der Waals surface area contributed by atoms with Crippen molar-refractivity contribution in [2.75, 3.05) is 0 Å². The smallest absolute Gasteiger partial charge is 0.256 e. The molecule has 0 aliphatic heterocycles. The molecule has 0 aromatic carbocycles. The average Bonchev–Trinajstić information content (AvgIpc) is 2.37. The highest BCUT2D eigenvalue weighted by molar-refractivity contribution is 14.1. The van der Waals surface area contributed by atoms with Crippen molar-refractivity contribution in [3.05, 3.63) is 23.8 Å². The Balaban J connectivity index is 2.55. The maximum absolute atomic E-state index is 10.8. The van der Waals surface area contributed by atoms with E-state index in [4.69, 9.17) is 0 Å². The summed E-state index contributed by atoms with van der Waals surface area (Å²) in [6.45, 7) is 0. The monoisotopic (exact) mass is 235 g/mol. The van der Waals surface area contributed by atoms with E-state index < -0.39 is 0 Å². The zero-order valence-electron chi connectivity index (χ0n) is 4.73. The van der Waals surface area contributed by atoms with Gasteiger partial charge in [0.2, 0.25) is 0 Å². The molecule has 3 heteroatoms. The van der Waals surface area contributed by atoms with Crippen LogP contribution in [0.3, 0.4) is 0 Å². The first-order chi connectivity index (χ1) is 4.34. The van der Waals surface area contributed by atoms with Crippen LogP contribution in [0, 0.1) is 0 Å². The van der Waals surface area contributed by atoms with Crippen LogP contribution in [0.1, 0.15) is 6.42 Å². The fraction of sp³-hybridized carbons (Fsp3) is 0.167. The third-order valence-corrected chi connectivity index (χ3v) is 1.64. The summed E-state index contributed by atoms with van der Waals surface area (Å²) in [4.78, 5) is 10.8. The quantitative estimate of drug-likeness (QED) is 0.539. The SMILES string of the molecule is O=C(NI)C1=CC=CC1. The molecule has 0 aromatic rings. The van der Waals surface area contributed by atoms with Crippen molar-refractivity contribution in [2.45, 2.75) is 6.42 Å². The third-order valence-electron chi connectivity index (χ3n) is 1.15. The van der Waals surface area contributed by atoms with Gasteiger partial charge in [-0.3, -0.25) is 8.32 Å². The van der Waals surface area contributed by atoms with E-state index in [0.29, 0.717) is 0 Å². The molecule has 1 aliphatic carbocycles. The molecule has 0 radical (unpaired) electrons. The van der Waals surface area contributed by atoms with E-state index in [1.54, 1.807) is 0 Å². The van der Waals surface area contributed by atoms with Gasteiger partial charge in [-0.15, -0.1) is 0 Å². The fourth-order valence-electron chi connectivity index (χ4n) is 0.676. The second kappa shape index (κ2) is 3.00. The van der Waals surface area contributed by atoms with Crippen LogP contribution in [0.2, 0.25) is 0 Å². The standard InChI is InChI=1S/C6H6INO/c7-8-6(9)5-3-1-2-4-5/h1-3H,4H2,(H,8,9).